The molecule has 0 radical (unpaired) electrons. The summed E-state index contributed by atoms with van der Waals surface area (Å²) in [5.41, 5.74) is 1.19. The molecular weight excluding hydrogens is 315 g/mol. The minimum Gasteiger partial charge on any atom is -0.358 e. The Bertz CT molecular complexity index is 561. The first-order chi connectivity index (χ1) is 9.18. The van der Waals surface area contributed by atoms with Crippen molar-refractivity contribution in [3.8, 4) is 0 Å². The first kappa shape index (κ1) is 19.4. The molecule has 0 aliphatic rings. The van der Waals surface area contributed by atoms with E-state index in [9.17, 15) is 10.1 Å². The number of aromatic nitrogens is 2. The van der Waals surface area contributed by atoms with Gasteiger partial charge in [0.25, 0.3) is 0 Å². The van der Waals surface area contributed by atoms with Gasteiger partial charge in [0.2, 0.25) is 0 Å². The van der Waals surface area contributed by atoms with E-state index in [1.54, 1.807) is 11.5 Å². The molecule has 1 aromatic heterocycles. The summed E-state index contributed by atoms with van der Waals surface area (Å²) >= 11 is 0. The van der Waals surface area contributed by atoms with Crippen LogP contribution in [0.3, 0.4) is 0 Å². The van der Waals surface area contributed by atoms with Gasteiger partial charge in [0.15, 0.2) is 5.82 Å². The zero-order valence-electron chi connectivity index (χ0n) is 11.6. The predicted molar refractivity (Wildman–Crippen MR) is 86.3 cm³/mol. The molecule has 1 N–H and O–H groups in total. The molecule has 0 aliphatic carbocycles. The number of nitrogens with zero attached hydrogens (tertiary/aromatic N) is 3. The average molecular weight is 333 g/mol. The van der Waals surface area contributed by atoms with Gasteiger partial charge in [0.1, 0.15) is 12.7 Å². The summed E-state index contributed by atoms with van der Waals surface area (Å²) < 4.78 is 1.61. The lowest BCUT2D eigenvalue weighted by Gasteiger charge is -2.05. The van der Waals surface area contributed by atoms with Gasteiger partial charge < -0.3 is 15.4 Å². The zero-order valence-corrected chi connectivity index (χ0v) is 13.2. The van der Waals surface area contributed by atoms with Crippen LogP contribution in [0.1, 0.15) is 11.4 Å². The maximum atomic E-state index is 10.8. The van der Waals surface area contributed by atoms with Crippen LogP contribution in [-0.2, 0) is 13.1 Å². The van der Waals surface area contributed by atoms with Crippen molar-refractivity contribution in [1.82, 2.24) is 14.9 Å². The Hall–Kier alpha value is -1.63. The van der Waals surface area contributed by atoms with Crippen molar-refractivity contribution in [2.24, 2.45) is 0 Å². The van der Waals surface area contributed by atoms with E-state index in [1.807, 2.05) is 30.3 Å². The lowest BCUT2D eigenvalue weighted by atomic mass is 10.2. The summed E-state index contributed by atoms with van der Waals surface area (Å²) in [6.07, 6.45) is 1.30. The van der Waals surface area contributed by atoms with E-state index >= 15 is 0 Å². The third-order valence-electron chi connectivity index (χ3n) is 2.91. The number of benzene rings is 1. The standard InChI is InChI=1S/C13H16N4O2.2ClH/c1-11-15-10-13(17(18)19)16(11)8-7-14-9-12-5-3-2-4-6-12;;/h2-6,10,14H,7-9H2,1H3;2*1H. The lowest BCUT2D eigenvalue weighted by Crippen LogP contribution is -2.20. The van der Waals surface area contributed by atoms with Crippen LogP contribution in [-0.4, -0.2) is 21.0 Å². The topological polar surface area (TPSA) is 73.0 Å². The molecule has 0 saturated carbocycles. The molecule has 0 spiro atoms. The van der Waals surface area contributed by atoms with Gasteiger partial charge >= 0.3 is 5.82 Å². The van der Waals surface area contributed by atoms with E-state index in [0.717, 1.165) is 6.54 Å². The first-order valence-electron chi connectivity index (χ1n) is 6.09. The van der Waals surface area contributed by atoms with Crippen molar-refractivity contribution in [3.05, 3.63) is 58.0 Å². The molecule has 21 heavy (non-hydrogen) atoms. The molecule has 0 amide bonds. The average Bonchev–Trinajstić information content (AvgIpc) is 2.77. The predicted octanol–water partition coefficient (Wildman–Crippen LogP) is 2.73. The van der Waals surface area contributed by atoms with E-state index < -0.39 is 4.92 Å². The molecule has 116 valence electrons. The quantitative estimate of drug-likeness (QED) is 0.501. The van der Waals surface area contributed by atoms with Gasteiger partial charge in [-0.15, -0.1) is 24.8 Å². The van der Waals surface area contributed by atoms with Crippen LogP contribution >= 0.6 is 24.8 Å². The third kappa shape index (κ3) is 5.34. The molecule has 0 fully saturated rings. The van der Waals surface area contributed by atoms with E-state index in [-0.39, 0.29) is 30.6 Å². The number of imidazole rings is 1. The zero-order chi connectivity index (χ0) is 13.7. The van der Waals surface area contributed by atoms with Crippen LogP contribution in [0.5, 0.6) is 0 Å². The Morgan fingerprint density at radius 2 is 1.95 bits per heavy atom. The van der Waals surface area contributed by atoms with Gasteiger partial charge in [-0.25, -0.2) is 9.55 Å². The Morgan fingerprint density at radius 3 is 2.57 bits per heavy atom. The number of hydrogen-bond acceptors (Lipinski definition) is 4. The Kier molecular flexibility index (Phi) is 8.61. The number of rotatable bonds is 6. The summed E-state index contributed by atoms with van der Waals surface area (Å²) in [5.74, 6) is 0.701. The summed E-state index contributed by atoms with van der Waals surface area (Å²) in [4.78, 5) is 14.4. The number of nitrogens with one attached hydrogen (secondary N) is 1. The van der Waals surface area contributed by atoms with Gasteiger partial charge in [0.05, 0.1) is 0 Å². The highest BCUT2D eigenvalue weighted by molar-refractivity contribution is 5.85. The minimum absolute atomic E-state index is 0. The molecule has 0 unspecified atom stereocenters. The second-order valence-corrected chi connectivity index (χ2v) is 4.23. The Balaban J connectivity index is 0.00000200. The third-order valence-corrected chi connectivity index (χ3v) is 2.91. The van der Waals surface area contributed by atoms with E-state index in [4.69, 9.17) is 0 Å². The molecule has 6 nitrogen and oxygen atoms in total. The van der Waals surface area contributed by atoms with E-state index in [0.29, 0.717) is 18.9 Å². The summed E-state index contributed by atoms with van der Waals surface area (Å²) in [6, 6.07) is 10.0. The van der Waals surface area contributed by atoms with Crippen molar-refractivity contribution < 1.29 is 4.92 Å². The molecule has 0 atom stereocenters. The smallest absolute Gasteiger partial charge is 0.342 e. The molecule has 0 bridgehead atoms. The number of hydrogen-bond donors (Lipinski definition) is 1. The van der Waals surface area contributed by atoms with Gasteiger partial charge in [0, 0.05) is 20.0 Å². The molecule has 2 aromatic rings. The Morgan fingerprint density at radius 1 is 1.29 bits per heavy atom. The van der Waals surface area contributed by atoms with Gasteiger partial charge in [-0.3, -0.25) is 0 Å². The monoisotopic (exact) mass is 332 g/mol. The molecule has 8 heteroatoms. The number of nitro groups is 1. The highest BCUT2D eigenvalue weighted by Gasteiger charge is 2.16. The second-order valence-electron chi connectivity index (χ2n) is 4.23. The number of aryl methyl sites for hydroxylation is 1. The van der Waals surface area contributed by atoms with Crippen LogP contribution < -0.4 is 5.32 Å². The van der Waals surface area contributed by atoms with Crippen LogP contribution in [0.2, 0.25) is 0 Å². The molecule has 2 rings (SSSR count). The summed E-state index contributed by atoms with van der Waals surface area (Å²) in [5, 5.41) is 14.1. The summed E-state index contributed by atoms with van der Waals surface area (Å²) in [6.45, 7) is 3.72. The second kappa shape index (κ2) is 9.33. The lowest BCUT2D eigenvalue weighted by molar-refractivity contribution is -0.392. The Labute approximate surface area is 135 Å². The number of halogens is 2. The van der Waals surface area contributed by atoms with Crippen molar-refractivity contribution in [2.75, 3.05) is 6.54 Å². The highest BCUT2D eigenvalue weighted by Crippen LogP contribution is 2.12. The molecule has 0 saturated heterocycles. The first-order valence-corrected chi connectivity index (χ1v) is 6.09. The van der Waals surface area contributed by atoms with Gasteiger partial charge in [-0.05, 0) is 10.5 Å². The van der Waals surface area contributed by atoms with Crippen molar-refractivity contribution in [2.45, 2.75) is 20.0 Å². The highest BCUT2D eigenvalue weighted by atomic mass is 35.5. The summed E-state index contributed by atoms with van der Waals surface area (Å²) in [7, 11) is 0. The maximum Gasteiger partial charge on any atom is 0.342 e. The van der Waals surface area contributed by atoms with Crippen LogP contribution in [0.15, 0.2) is 36.5 Å². The normalized spacial score (nSPS) is 9.57. The van der Waals surface area contributed by atoms with Crippen molar-refractivity contribution in [1.29, 1.82) is 0 Å². The molecule has 1 aromatic carbocycles. The molecule has 0 aliphatic heterocycles. The minimum atomic E-state index is -0.406. The van der Waals surface area contributed by atoms with Crippen molar-refractivity contribution >= 4 is 30.6 Å². The van der Waals surface area contributed by atoms with Gasteiger partial charge in [-0.2, -0.15) is 0 Å². The SMILES string of the molecule is Cc1ncc([N+](=O)[O-])n1CCNCc1ccccc1.Cl.Cl. The van der Waals surface area contributed by atoms with Crippen LogP contribution in [0, 0.1) is 17.0 Å². The fraction of sp³-hybridized carbons (Fsp3) is 0.308. The fourth-order valence-corrected chi connectivity index (χ4v) is 1.90. The molecular formula is C13H18Cl2N4O2. The van der Waals surface area contributed by atoms with Crippen molar-refractivity contribution in [3.63, 3.8) is 0 Å². The van der Waals surface area contributed by atoms with E-state index in [1.165, 1.54) is 11.8 Å². The fourth-order valence-electron chi connectivity index (χ4n) is 1.90. The van der Waals surface area contributed by atoms with Gasteiger partial charge in [-0.1, -0.05) is 30.3 Å². The molecule has 1 heterocycles. The maximum absolute atomic E-state index is 10.8. The van der Waals surface area contributed by atoms with E-state index in [2.05, 4.69) is 10.3 Å². The largest absolute Gasteiger partial charge is 0.358 e. The van der Waals surface area contributed by atoms with Crippen LogP contribution in [0.25, 0.3) is 0 Å². The van der Waals surface area contributed by atoms with Crippen LogP contribution in [0.4, 0.5) is 5.82 Å².